The second-order valence-electron chi connectivity index (χ2n) is 4.41. The van der Waals surface area contributed by atoms with Gasteiger partial charge in [0.05, 0.1) is 10.7 Å². The minimum Gasteiger partial charge on any atom is -0.478 e. The number of anilines is 1. The number of urea groups is 1. The fraction of sp³-hybridized carbons (Fsp3) is 0.429. The van der Waals surface area contributed by atoms with Crippen molar-refractivity contribution in [2.45, 2.75) is 32.6 Å². The molecular weight excluding hydrogens is 280 g/mol. The number of nitrogens with one attached hydrogen (secondary N) is 2. The van der Waals surface area contributed by atoms with Gasteiger partial charge in [0.15, 0.2) is 0 Å². The summed E-state index contributed by atoms with van der Waals surface area (Å²) in [5, 5.41) is 14.4. The van der Waals surface area contributed by atoms with Gasteiger partial charge in [0.1, 0.15) is 5.56 Å². The van der Waals surface area contributed by atoms with Gasteiger partial charge < -0.3 is 15.7 Å². The van der Waals surface area contributed by atoms with Crippen molar-refractivity contribution in [3.05, 3.63) is 28.8 Å². The highest BCUT2D eigenvalue weighted by atomic mass is 35.5. The molecule has 0 unspecified atom stereocenters. The Morgan fingerprint density at radius 1 is 1.25 bits per heavy atom. The SMILES string of the molecule is CCCCCCNC(=O)Nc1cccc(Cl)c1C(=O)O. The first-order chi connectivity index (χ1) is 9.56. The third-order valence-corrected chi connectivity index (χ3v) is 3.11. The normalized spacial score (nSPS) is 10.1. The van der Waals surface area contributed by atoms with E-state index in [0.29, 0.717) is 6.54 Å². The third-order valence-electron chi connectivity index (χ3n) is 2.79. The van der Waals surface area contributed by atoms with E-state index in [1.54, 1.807) is 6.07 Å². The maximum Gasteiger partial charge on any atom is 0.339 e. The molecule has 0 aliphatic carbocycles. The number of hydrogen-bond donors (Lipinski definition) is 3. The summed E-state index contributed by atoms with van der Waals surface area (Å²) in [5.74, 6) is -1.17. The van der Waals surface area contributed by atoms with Crippen LogP contribution in [0.1, 0.15) is 43.0 Å². The molecule has 0 heterocycles. The summed E-state index contributed by atoms with van der Waals surface area (Å²) < 4.78 is 0. The van der Waals surface area contributed by atoms with Crippen molar-refractivity contribution in [2.75, 3.05) is 11.9 Å². The van der Waals surface area contributed by atoms with Crippen LogP contribution in [0.15, 0.2) is 18.2 Å². The van der Waals surface area contributed by atoms with E-state index in [1.165, 1.54) is 12.1 Å². The van der Waals surface area contributed by atoms with Gasteiger partial charge in [-0.25, -0.2) is 9.59 Å². The van der Waals surface area contributed by atoms with Gasteiger partial charge in [0, 0.05) is 6.54 Å². The maximum atomic E-state index is 11.7. The summed E-state index contributed by atoms with van der Waals surface area (Å²) in [7, 11) is 0. The van der Waals surface area contributed by atoms with Crippen molar-refractivity contribution in [1.82, 2.24) is 5.32 Å². The smallest absolute Gasteiger partial charge is 0.339 e. The lowest BCUT2D eigenvalue weighted by molar-refractivity contribution is 0.0698. The minimum absolute atomic E-state index is 0.0956. The fourth-order valence-electron chi connectivity index (χ4n) is 1.77. The zero-order valence-corrected chi connectivity index (χ0v) is 12.2. The van der Waals surface area contributed by atoms with Crippen molar-refractivity contribution in [3.8, 4) is 0 Å². The van der Waals surface area contributed by atoms with E-state index in [4.69, 9.17) is 16.7 Å². The maximum absolute atomic E-state index is 11.7. The summed E-state index contributed by atoms with van der Waals surface area (Å²) in [4.78, 5) is 22.8. The average molecular weight is 299 g/mol. The Morgan fingerprint density at radius 3 is 2.65 bits per heavy atom. The highest BCUT2D eigenvalue weighted by Gasteiger charge is 2.15. The monoisotopic (exact) mass is 298 g/mol. The summed E-state index contributed by atoms with van der Waals surface area (Å²) in [5.41, 5.74) is 0.0892. The number of carboxylic acid groups (broad SMARTS) is 1. The van der Waals surface area contributed by atoms with Gasteiger partial charge in [-0.15, -0.1) is 0 Å². The van der Waals surface area contributed by atoms with Crippen LogP contribution in [0.4, 0.5) is 10.5 Å². The van der Waals surface area contributed by atoms with Gasteiger partial charge in [-0.05, 0) is 18.6 Å². The average Bonchev–Trinajstić information content (AvgIpc) is 2.38. The lowest BCUT2D eigenvalue weighted by atomic mass is 10.2. The number of halogens is 1. The van der Waals surface area contributed by atoms with Gasteiger partial charge in [-0.3, -0.25) is 0 Å². The number of carbonyl (C=O) groups excluding carboxylic acids is 1. The van der Waals surface area contributed by atoms with Crippen molar-refractivity contribution < 1.29 is 14.7 Å². The molecule has 1 aromatic rings. The first kappa shape index (κ1) is 16.3. The van der Waals surface area contributed by atoms with E-state index in [1.807, 2.05) is 0 Å². The third kappa shape index (κ3) is 5.09. The Bertz CT molecular complexity index is 477. The Labute approximate surface area is 123 Å². The Kier molecular flexibility index (Phi) is 6.87. The number of hydrogen-bond acceptors (Lipinski definition) is 2. The van der Waals surface area contributed by atoms with E-state index >= 15 is 0 Å². The van der Waals surface area contributed by atoms with Crippen LogP contribution < -0.4 is 10.6 Å². The molecule has 0 aliphatic rings. The Hall–Kier alpha value is -1.75. The van der Waals surface area contributed by atoms with E-state index in [0.717, 1.165) is 25.7 Å². The van der Waals surface area contributed by atoms with Crippen LogP contribution in [0.2, 0.25) is 5.02 Å². The number of unbranched alkanes of at least 4 members (excludes halogenated alkanes) is 3. The molecule has 5 nitrogen and oxygen atoms in total. The number of rotatable bonds is 7. The molecule has 0 saturated heterocycles. The largest absolute Gasteiger partial charge is 0.478 e. The first-order valence-electron chi connectivity index (χ1n) is 6.63. The standard InChI is InChI=1S/C14H19ClN2O3/c1-2-3-4-5-9-16-14(20)17-11-8-6-7-10(15)12(11)13(18)19/h6-8H,2-5,9H2,1H3,(H,18,19)(H2,16,17,20). The molecule has 0 aromatic heterocycles. The van der Waals surface area contributed by atoms with Crippen LogP contribution in [0.5, 0.6) is 0 Å². The number of aromatic carboxylic acids is 1. The lowest BCUT2D eigenvalue weighted by Gasteiger charge is -2.10. The van der Waals surface area contributed by atoms with Gasteiger partial charge in [-0.2, -0.15) is 0 Å². The topological polar surface area (TPSA) is 78.4 Å². The molecule has 20 heavy (non-hydrogen) atoms. The Morgan fingerprint density at radius 2 is 2.00 bits per heavy atom. The predicted molar refractivity (Wildman–Crippen MR) is 79.6 cm³/mol. The highest BCUT2D eigenvalue weighted by molar-refractivity contribution is 6.34. The first-order valence-corrected chi connectivity index (χ1v) is 7.00. The predicted octanol–water partition coefficient (Wildman–Crippen LogP) is 3.74. The van der Waals surface area contributed by atoms with E-state index < -0.39 is 12.0 Å². The molecule has 0 aliphatic heterocycles. The number of benzene rings is 1. The zero-order valence-electron chi connectivity index (χ0n) is 11.4. The molecule has 1 aromatic carbocycles. The lowest BCUT2D eigenvalue weighted by Crippen LogP contribution is -2.30. The molecule has 2 amide bonds. The van der Waals surface area contributed by atoms with Crippen molar-refractivity contribution in [1.29, 1.82) is 0 Å². The van der Waals surface area contributed by atoms with Crippen LogP contribution in [0, 0.1) is 0 Å². The van der Waals surface area contributed by atoms with Crippen molar-refractivity contribution in [2.24, 2.45) is 0 Å². The molecule has 3 N–H and O–H groups in total. The van der Waals surface area contributed by atoms with Crippen molar-refractivity contribution in [3.63, 3.8) is 0 Å². The van der Waals surface area contributed by atoms with Crippen LogP contribution in [0.3, 0.4) is 0 Å². The second kappa shape index (κ2) is 8.43. The van der Waals surface area contributed by atoms with E-state index in [2.05, 4.69) is 17.6 Å². The molecule has 1 rings (SSSR count). The summed E-state index contributed by atoms with van der Waals surface area (Å²) in [6.07, 6.45) is 4.24. The number of carboxylic acids is 1. The van der Waals surface area contributed by atoms with Gasteiger partial charge in [0.25, 0.3) is 0 Å². The van der Waals surface area contributed by atoms with Crippen LogP contribution in [0.25, 0.3) is 0 Å². The quantitative estimate of drug-likeness (QED) is 0.671. The Balaban J connectivity index is 2.54. The summed E-state index contributed by atoms with van der Waals surface area (Å²) in [6, 6.07) is 4.14. The number of amides is 2. The van der Waals surface area contributed by atoms with Gasteiger partial charge in [-0.1, -0.05) is 43.9 Å². The second-order valence-corrected chi connectivity index (χ2v) is 4.82. The van der Waals surface area contributed by atoms with Gasteiger partial charge in [0.2, 0.25) is 0 Å². The van der Waals surface area contributed by atoms with Gasteiger partial charge >= 0.3 is 12.0 Å². The molecule has 0 saturated carbocycles. The van der Waals surface area contributed by atoms with E-state index in [9.17, 15) is 9.59 Å². The molecule has 0 spiro atoms. The molecule has 110 valence electrons. The molecule has 0 radical (unpaired) electrons. The molecule has 0 fully saturated rings. The molecule has 0 bridgehead atoms. The molecular formula is C14H19ClN2O3. The summed E-state index contributed by atoms with van der Waals surface area (Å²) >= 11 is 5.82. The molecule has 0 atom stereocenters. The fourth-order valence-corrected chi connectivity index (χ4v) is 2.02. The highest BCUT2D eigenvalue weighted by Crippen LogP contribution is 2.24. The summed E-state index contributed by atoms with van der Waals surface area (Å²) in [6.45, 7) is 2.68. The zero-order chi connectivity index (χ0) is 15.0. The van der Waals surface area contributed by atoms with Crippen molar-refractivity contribution >= 4 is 29.3 Å². The number of carbonyl (C=O) groups is 2. The van der Waals surface area contributed by atoms with Crippen LogP contribution in [-0.2, 0) is 0 Å². The van der Waals surface area contributed by atoms with E-state index in [-0.39, 0.29) is 16.3 Å². The van der Waals surface area contributed by atoms with Crippen LogP contribution >= 0.6 is 11.6 Å². The minimum atomic E-state index is -1.17. The van der Waals surface area contributed by atoms with Crippen LogP contribution in [-0.4, -0.2) is 23.7 Å². The molecule has 6 heteroatoms.